The number of Topliss-reactive ketones (excluding diaryl/α,β-unsaturated/α-hetero) is 1. The summed E-state index contributed by atoms with van der Waals surface area (Å²) in [5.74, 6) is 1.62. The third-order valence-corrected chi connectivity index (χ3v) is 12.0. The Morgan fingerprint density at radius 2 is 1.45 bits per heavy atom. The lowest BCUT2D eigenvalue weighted by Crippen LogP contribution is -2.37. The van der Waals surface area contributed by atoms with Crippen molar-refractivity contribution in [3.63, 3.8) is 0 Å². The highest BCUT2D eigenvalue weighted by atomic mass is 16.5. The fourth-order valence-electron chi connectivity index (χ4n) is 8.45. The topological polar surface area (TPSA) is 187 Å². The van der Waals surface area contributed by atoms with Crippen LogP contribution in [0.15, 0.2) is 95.2 Å². The van der Waals surface area contributed by atoms with Gasteiger partial charge in [0.25, 0.3) is 0 Å². The lowest BCUT2D eigenvalue weighted by atomic mass is 9.95. The fraction of sp³-hybridized carbons (Fsp3) is 0.347. The van der Waals surface area contributed by atoms with Gasteiger partial charge in [-0.3, -0.25) is 14.6 Å². The number of aromatic hydroxyl groups is 1. The second-order valence-electron chi connectivity index (χ2n) is 16.4. The standard InChI is InChI=1S/C49H55N11O5/c1-32-29-37(63-2)15-9-33(32)31-42(61)40-30-34-10-16-39-38-7-3-4-8-41(38)53-44(39)43(34)45(46(40)62)58-57-36-13-11-35(12-14-36)52-49-55-47(50-17-5-19-59-21-25-64-26-22-59)54-48(56-49)51-18-6-20-60-23-27-65-28-24-60/h3-4,7-16,29-30,53,62H,5-6,17-28,31H2,1-2H3,(H3,50,51,52,54,55,56). The molecule has 5 N–H and O–H groups in total. The molecule has 4 heterocycles. The summed E-state index contributed by atoms with van der Waals surface area (Å²) >= 11 is 0. The van der Waals surface area contributed by atoms with Crippen molar-refractivity contribution in [1.82, 2.24) is 29.7 Å². The van der Waals surface area contributed by atoms with Crippen LogP contribution in [0.25, 0.3) is 32.6 Å². The molecule has 0 bridgehead atoms. The van der Waals surface area contributed by atoms with Gasteiger partial charge in [-0.2, -0.15) is 20.1 Å². The molecule has 5 aromatic carbocycles. The Bertz CT molecular complexity index is 2760. The molecule has 0 spiro atoms. The summed E-state index contributed by atoms with van der Waals surface area (Å²) in [6.45, 7) is 12.2. The Labute approximate surface area is 377 Å². The molecule has 2 aliphatic rings. The number of nitrogens with zero attached hydrogens (tertiary/aromatic N) is 7. The maximum absolute atomic E-state index is 14.0. The van der Waals surface area contributed by atoms with Gasteiger partial charge in [0.2, 0.25) is 17.8 Å². The van der Waals surface area contributed by atoms with E-state index < -0.39 is 0 Å². The van der Waals surface area contributed by atoms with Crippen molar-refractivity contribution in [1.29, 1.82) is 0 Å². The number of aromatic nitrogens is 4. The number of phenols is 1. The van der Waals surface area contributed by atoms with Crippen molar-refractivity contribution >= 4 is 73.3 Å². The Hall–Kier alpha value is -6.72. The van der Waals surface area contributed by atoms with Gasteiger partial charge >= 0.3 is 0 Å². The van der Waals surface area contributed by atoms with E-state index in [1.54, 1.807) is 13.2 Å². The van der Waals surface area contributed by atoms with E-state index in [0.29, 0.717) is 47.8 Å². The Morgan fingerprint density at radius 3 is 2.11 bits per heavy atom. The van der Waals surface area contributed by atoms with Crippen LogP contribution in [0.3, 0.4) is 0 Å². The number of carbonyl (C=O) groups excluding carboxylic acids is 1. The summed E-state index contributed by atoms with van der Waals surface area (Å²) in [6, 6.07) is 26.8. The number of aromatic amines is 1. The van der Waals surface area contributed by atoms with Gasteiger partial charge in [-0.1, -0.05) is 36.4 Å². The number of methoxy groups -OCH3 is 1. The van der Waals surface area contributed by atoms with Crippen LogP contribution in [0.5, 0.6) is 11.5 Å². The number of carbonyl (C=O) groups is 1. The van der Waals surface area contributed by atoms with Gasteiger partial charge in [0, 0.05) is 73.1 Å². The van der Waals surface area contributed by atoms with Crippen molar-refractivity contribution < 1.29 is 24.1 Å². The number of hydrogen-bond donors (Lipinski definition) is 5. The predicted molar refractivity (Wildman–Crippen MR) is 255 cm³/mol. The van der Waals surface area contributed by atoms with Gasteiger partial charge < -0.3 is 40.3 Å². The molecule has 16 nitrogen and oxygen atoms in total. The molecule has 0 aliphatic carbocycles. The highest BCUT2D eigenvalue weighted by molar-refractivity contribution is 6.22. The smallest absolute Gasteiger partial charge is 0.233 e. The zero-order valence-corrected chi connectivity index (χ0v) is 36.9. The van der Waals surface area contributed by atoms with Crippen LogP contribution >= 0.6 is 0 Å². The molecule has 16 heteroatoms. The summed E-state index contributed by atoms with van der Waals surface area (Å²) in [6.07, 6.45) is 1.97. The van der Waals surface area contributed by atoms with E-state index in [1.165, 1.54) is 0 Å². The van der Waals surface area contributed by atoms with Crippen LogP contribution in [0, 0.1) is 6.92 Å². The summed E-state index contributed by atoms with van der Waals surface area (Å²) in [7, 11) is 1.61. The van der Waals surface area contributed by atoms with Crippen molar-refractivity contribution in [2.24, 2.45) is 10.2 Å². The number of nitrogens with one attached hydrogen (secondary N) is 4. The van der Waals surface area contributed by atoms with E-state index in [2.05, 4.69) is 47.0 Å². The van der Waals surface area contributed by atoms with Crippen LogP contribution in [-0.2, 0) is 15.9 Å². The first kappa shape index (κ1) is 43.5. The van der Waals surface area contributed by atoms with Crippen LogP contribution in [0.1, 0.15) is 34.3 Å². The average molecular weight is 878 g/mol. The number of anilines is 4. The van der Waals surface area contributed by atoms with E-state index >= 15 is 0 Å². The minimum atomic E-state index is -0.239. The zero-order valence-electron chi connectivity index (χ0n) is 36.9. The van der Waals surface area contributed by atoms with Gasteiger partial charge in [0.05, 0.1) is 50.3 Å². The molecule has 9 rings (SSSR count). The number of fused-ring (bicyclic) bond motifs is 5. The molecule has 65 heavy (non-hydrogen) atoms. The lowest BCUT2D eigenvalue weighted by molar-refractivity contribution is 0.0378. The van der Waals surface area contributed by atoms with Gasteiger partial charge in [-0.05, 0) is 97.9 Å². The molecule has 0 radical (unpaired) electrons. The molecule has 0 saturated carbocycles. The molecule has 2 aromatic heterocycles. The number of para-hydroxylation sites is 1. The normalized spacial score (nSPS) is 15.0. The van der Waals surface area contributed by atoms with Gasteiger partial charge in [-0.15, -0.1) is 5.11 Å². The van der Waals surface area contributed by atoms with E-state index in [0.717, 1.165) is 123 Å². The van der Waals surface area contributed by atoms with Crippen molar-refractivity contribution in [2.75, 3.05) is 102 Å². The largest absolute Gasteiger partial charge is 0.505 e. The maximum atomic E-state index is 14.0. The molecule has 0 unspecified atom stereocenters. The van der Waals surface area contributed by atoms with Crippen molar-refractivity contribution in [3.05, 3.63) is 102 Å². The number of phenolic OH excluding ortho intramolecular Hbond substituents is 1. The molecule has 2 aliphatic heterocycles. The third kappa shape index (κ3) is 10.5. The number of azo groups is 1. The van der Waals surface area contributed by atoms with Gasteiger partial charge in [-0.25, -0.2) is 0 Å². The van der Waals surface area contributed by atoms with E-state index in [4.69, 9.17) is 29.2 Å². The first-order valence-corrected chi connectivity index (χ1v) is 22.4. The lowest BCUT2D eigenvalue weighted by Gasteiger charge is -2.26. The number of rotatable bonds is 18. The quantitative estimate of drug-likeness (QED) is 0.0314. The second-order valence-corrected chi connectivity index (χ2v) is 16.4. The number of benzene rings is 5. The summed E-state index contributed by atoms with van der Waals surface area (Å²) in [4.78, 5) is 36.4. The Balaban J connectivity index is 0.955. The predicted octanol–water partition coefficient (Wildman–Crippen LogP) is 8.53. The molecule has 0 atom stereocenters. The first-order chi connectivity index (χ1) is 31.9. The maximum Gasteiger partial charge on any atom is 0.233 e. The highest BCUT2D eigenvalue weighted by Gasteiger charge is 2.22. The molecule has 7 aromatic rings. The third-order valence-electron chi connectivity index (χ3n) is 12.0. The van der Waals surface area contributed by atoms with Crippen LogP contribution in [0.2, 0.25) is 0 Å². The van der Waals surface area contributed by atoms with E-state index in [9.17, 15) is 9.90 Å². The van der Waals surface area contributed by atoms with Crippen LogP contribution in [0.4, 0.5) is 34.9 Å². The first-order valence-electron chi connectivity index (χ1n) is 22.4. The minimum Gasteiger partial charge on any atom is -0.505 e. The summed E-state index contributed by atoms with van der Waals surface area (Å²) in [5, 5.41) is 34.8. The van der Waals surface area contributed by atoms with Crippen molar-refractivity contribution in [3.8, 4) is 11.5 Å². The monoisotopic (exact) mass is 877 g/mol. The number of ketones is 1. The molecule has 2 fully saturated rings. The second kappa shape index (κ2) is 20.4. The fourth-order valence-corrected chi connectivity index (χ4v) is 8.45. The molecule has 336 valence electrons. The number of ether oxygens (including phenoxy) is 3. The van der Waals surface area contributed by atoms with E-state index in [1.807, 2.05) is 79.7 Å². The van der Waals surface area contributed by atoms with Crippen molar-refractivity contribution in [2.45, 2.75) is 26.2 Å². The Morgan fingerprint density at radius 1 is 0.785 bits per heavy atom. The number of morpholine rings is 2. The Kier molecular flexibility index (Phi) is 13.7. The molecular formula is C49H55N11O5. The SMILES string of the molecule is COc1ccc(CC(=O)c2cc3ccc4c5ccccc5[nH]c4c3c(N=Nc3ccc(Nc4nc(NCCCN5CCOCC5)nc(NCCCN5CCOCC5)n4)cc3)c2O)c(C)c1. The molecule has 0 amide bonds. The minimum absolute atomic E-state index is 0.0920. The number of aryl methyl sites for hydroxylation is 1. The molecule has 2 saturated heterocycles. The number of H-pyrrole nitrogens is 1. The van der Waals surface area contributed by atoms with E-state index in [-0.39, 0.29) is 29.2 Å². The summed E-state index contributed by atoms with van der Waals surface area (Å²) in [5.41, 5.74) is 5.17. The zero-order chi connectivity index (χ0) is 44.5. The van der Waals surface area contributed by atoms with Gasteiger partial charge in [0.1, 0.15) is 11.4 Å². The highest BCUT2D eigenvalue weighted by Crippen LogP contribution is 2.44. The molecular weight excluding hydrogens is 823 g/mol. The average Bonchev–Trinajstić information content (AvgIpc) is 3.72. The van der Waals surface area contributed by atoms with Crippen LogP contribution < -0.4 is 20.7 Å². The summed E-state index contributed by atoms with van der Waals surface area (Å²) < 4.78 is 16.4. The van der Waals surface area contributed by atoms with Gasteiger partial charge in [0.15, 0.2) is 11.5 Å². The van der Waals surface area contributed by atoms with Crippen LogP contribution in [-0.4, -0.2) is 127 Å². The number of hydrogen-bond acceptors (Lipinski definition) is 15.